The smallest absolute Gasteiger partial charge is 0.293 e. The first-order valence-electron chi connectivity index (χ1n) is 6.92. The minimum Gasteiger partial charge on any atom is -0.378 e. The van der Waals surface area contributed by atoms with E-state index in [0.29, 0.717) is 18.8 Å². The van der Waals surface area contributed by atoms with Crippen LogP contribution < -0.4 is 16.4 Å². The van der Waals surface area contributed by atoms with Gasteiger partial charge in [-0.3, -0.25) is 14.9 Å². The minimum atomic E-state index is -0.508. The molecule has 21 heavy (non-hydrogen) atoms. The van der Waals surface area contributed by atoms with Gasteiger partial charge in [-0.15, -0.1) is 0 Å². The number of hydrogen-bond donors (Lipinski definition) is 3. The minimum absolute atomic E-state index is 0.104. The molecule has 1 atom stereocenters. The molecule has 0 radical (unpaired) electrons. The van der Waals surface area contributed by atoms with Crippen LogP contribution in [0.15, 0.2) is 18.2 Å². The molecule has 0 heterocycles. The molecule has 0 saturated carbocycles. The molecule has 0 aliphatic heterocycles. The molecule has 0 aliphatic carbocycles. The van der Waals surface area contributed by atoms with Gasteiger partial charge < -0.3 is 16.4 Å². The van der Waals surface area contributed by atoms with E-state index in [1.165, 1.54) is 12.1 Å². The summed E-state index contributed by atoms with van der Waals surface area (Å²) in [5.74, 6) is -0.0582. The van der Waals surface area contributed by atoms with Crippen LogP contribution in [0.3, 0.4) is 0 Å². The van der Waals surface area contributed by atoms with Crippen molar-refractivity contribution in [3.8, 4) is 0 Å². The maximum Gasteiger partial charge on any atom is 0.293 e. The fourth-order valence-electron chi connectivity index (χ4n) is 1.70. The molecule has 4 N–H and O–H groups in total. The molecule has 0 bridgehead atoms. The van der Waals surface area contributed by atoms with Crippen molar-refractivity contribution in [1.29, 1.82) is 0 Å². The van der Waals surface area contributed by atoms with Crippen LogP contribution in [0, 0.1) is 16.0 Å². The van der Waals surface area contributed by atoms with Crippen LogP contribution in [0.5, 0.6) is 0 Å². The zero-order chi connectivity index (χ0) is 16.0. The first kappa shape index (κ1) is 16.9. The number of amides is 1. The molecule has 1 unspecified atom stereocenters. The van der Waals surface area contributed by atoms with Crippen LogP contribution >= 0.6 is 0 Å². The molecule has 1 amide bonds. The van der Waals surface area contributed by atoms with Gasteiger partial charge in [0.2, 0.25) is 0 Å². The Morgan fingerprint density at radius 2 is 2.10 bits per heavy atom. The van der Waals surface area contributed by atoms with Crippen molar-refractivity contribution in [2.24, 2.45) is 11.7 Å². The molecule has 0 spiro atoms. The molecule has 0 aliphatic rings. The number of nitrogens with one attached hydrogen (secondary N) is 2. The van der Waals surface area contributed by atoms with Crippen molar-refractivity contribution in [3.05, 3.63) is 33.9 Å². The lowest BCUT2D eigenvalue weighted by molar-refractivity contribution is -0.384. The second kappa shape index (κ2) is 7.58. The summed E-state index contributed by atoms with van der Waals surface area (Å²) < 4.78 is 0. The van der Waals surface area contributed by atoms with E-state index >= 15 is 0 Å². The van der Waals surface area contributed by atoms with E-state index in [4.69, 9.17) is 5.73 Å². The summed E-state index contributed by atoms with van der Waals surface area (Å²) in [6, 6.07) is 4.26. The van der Waals surface area contributed by atoms with Gasteiger partial charge in [0.05, 0.1) is 4.92 Å². The van der Waals surface area contributed by atoms with Crippen LogP contribution in [-0.4, -0.2) is 30.0 Å². The lowest BCUT2D eigenvalue weighted by Gasteiger charge is -2.17. The van der Waals surface area contributed by atoms with Gasteiger partial charge in [-0.25, -0.2) is 0 Å². The number of benzene rings is 1. The maximum atomic E-state index is 11.7. The number of nitrogens with two attached hydrogens (primary N) is 1. The zero-order valence-electron chi connectivity index (χ0n) is 12.6. The van der Waals surface area contributed by atoms with E-state index < -0.39 is 4.92 Å². The number of nitro groups is 1. The predicted molar refractivity (Wildman–Crippen MR) is 82.4 cm³/mol. The number of nitro benzene ring substituents is 1. The van der Waals surface area contributed by atoms with E-state index in [1.807, 2.05) is 13.8 Å². The lowest BCUT2D eigenvalue weighted by atomic mass is 10.1. The second-order valence-corrected chi connectivity index (χ2v) is 5.14. The number of carbonyl (C=O) groups excluding carboxylic acids is 1. The standard InChI is InChI=1S/C14H22N4O3/c1-4-16-14(19)10-5-6-12(13(7-10)18(20)21)17-8-11(15)9(2)3/h5-7,9,11,17H,4,8,15H2,1-3H3,(H,16,19). The van der Waals surface area contributed by atoms with E-state index in [9.17, 15) is 14.9 Å². The Hall–Kier alpha value is -2.15. The molecule has 1 rings (SSSR count). The number of hydrogen-bond acceptors (Lipinski definition) is 5. The normalized spacial score (nSPS) is 12.0. The van der Waals surface area contributed by atoms with Crippen LogP contribution in [0.25, 0.3) is 0 Å². The Morgan fingerprint density at radius 3 is 2.62 bits per heavy atom. The molecule has 0 fully saturated rings. The Bertz CT molecular complexity index is 517. The summed E-state index contributed by atoms with van der Waals surface area (Å²) >= 11 is 0. The summed E-state index contributed by atoms with van der Waals surface area (Å²) in [4.78, 5) is 22.3. The molecule has 1 aromatic carbocycles. The van der Waals surface area contributed by atoms with Crippen molar-refractivity contribution in [2.75, 3.05) is 18.4 Å². The monoisotopic (exact) mass is 294 g/mol. The highest BCUT2D eigenvalue weighted by atomic mass is 16.6. The maximum absolute atomic E-state index is 11.7. The van der Waals surface area contributed by atoms with Gasteiger partial charge in [0.15, 0.2) is 0 Å². The number of carbonyl (C=O) groups is 1. The lowest BCUT2D eigenvalue weighted by Crippen LogP contribution is -2.34. The van der Waals surface area contributed by atoms with Gasteiger partial charge in [-0.05, 0) is 25.0 Å². The Morgan fingerprint density at radius 1 is 1.43 bits per heavy atom. The van der Waals surface area contributed by atoms with Crippen molar-refractivity contribution >= 4 is 17.3 Å². The number of rotatable bonds is 7. The van der Waals surface area contributed by atoms with Crippen molar-refractivity contribution < 1.29 is 9.72 Å². The van der Waals surface area contributed by atoms with Crippen molar-refractivity contribution in [1.82, 2.24) is 5.32 Å². The molecule has 116 valence electrons. The van der Waals surface area contributed by atoms with Crippen LogP contribution in [0.4, 0.5) is 11.4 Å². The summed E-state index contributed by atoms with van der Waals surface area (Å²) in [5.41, 5.74) is 6.41. The fraction of sp³-hybridized carbons (Fsp3) is 0.500. The van der Waals surface area contributed by atoms with E-state index in [-0.39, 0.29) is 29.1 Å². The van der Waals surface area contributed by atoms with Gasteiger partial charge >= 0.3 is 0 Å². The topological polar surface area (TPSA) is 110 Å². The summed E-state index contributed by atoms with van der Waals surface area (Å²) in [7, 11) is 0. The van der Waals surface area contributed by atoms with Gasteiger partial charge in [-0.2, -0.15) is 0 Å². The number of nitrogens with zero attached hydrogens (tertiary/aromatic N) is 1. The number of anilines is 1. The predicted octanol–water partition coefficient (Wildman–Crippen LogP) is 1.74. The molecule has 0 saturated heterocycles. The zero-order valence-corrected chi connectivity index (χ0v) is 12.6. The highest BCUT2D eigenvalue weighted by Gasteiger charge is 2.18. The molecule has 7 heteroatoms. The molecular weight excluding hydrogens is 272 g/mol. The van der Waals surface area contributed by atoms with Crippen molar-refractivity contribution in [2.45, 2.75) is 26.8 Å². The Balaban J connectivity index is 2.94. The SMILES string of the molecule is CCNC(=O)c1ccc(NCC(N)C(C)C)c([N+](=O)[O-])c1. The van der Waals surface area contributed by atoms with Crippen LogP contribution in [0.1, 0.15) is 31.1 Å². The summed E-state index contributed by atoms with van der Waals surface area (Å²) in [6.07, 6.45) is 0. The second-order valence-electron chi connectivity index (χ2n) is 5.14. The molecular formula is C14H22N4O3. The average molecular weight is 294 g/mol. The van der Waals surface area contributed by atoms with Gasteiger partial charge in [-0.1, -0.05) is 13.8 Å². The summed E-state index contributed by atoms with van der Waals surface area (Å²) in [6.45, 7) is 6.66. The summed E-state index contributed by atoms with van der Waals surface area (Å²) in [5, 5.41) is 16.7. The average Bonchev–Trinajstić information content (AvgIpc) is 2.44. The third-order valence-corrected chi connectivity index (χ3v) is 3.18. The first-order valence-corrected chi connectivity index (χ1v) is 6.92. The highest BCUT2D eigenvalue weighted by Crippen LogP contribution is 2.25. The van der Waals surface area contributed by atoms with E-state index in [2.05, 4.69) is 10.6 Å². The van der Waals surface area contributed by atoms with Crippen LogP contribution in [0.2, 0.25) is 0 Å². The van der Waals surface area contributed by atoms with Gasteiger partial charge in [0.1, 0.15) is 5.69 Å². The van der Waals surface area contributed by atoms with Gasteiger partial charge in [0, 0.05) is 30.8 Å². The van der Waals surface area contributed by atoms with E-state index in [1.54, 1.807) is 13.0 Å². The molecule has 1 aromatic rings. The third kappa shape index (κ3) is 4.71. The van der Waals surface area contributed by atoms with Crippen molar-refractivity contribution in [3.63, 3.8) is 0 Å². The Kier molecular flexibility index (Phi) is 6.10. The molecule has 0 aromatic heterocycles. The Labute approximate surface area is 124 Å². The first-order chi connectivity index (χ1) is 9.86. The third-order valence-electron chi connectivity index (χ3n) is 3.18. The highest BCUT2D eigenvalue weighted by molar-refractivity contribution is 5.95. The fourth-order valence-corrected chi connectivity index (χ4v) is 1.70. The largest absolute Gasteiger partial charge is 0.378 e. The van der Waals surface area contributed by atoms with Crippen LogP contribution in [-0.2, 0) is 0 Å². The van der Waals surface area contributed by atoms with Gasteiger partial charge in [0.25, 0.3) is 11.6 Å². The van der Waals surface area contributed by atoms with E-state index in [0.717, 1.165) is 0 Å². The molecule has 7 nitrogen and oxygen atoms in total. The quantitative estimate of drug-likeness (QED) is 0.524.